The Hall–Kier alpha value is -1.41. The van der Waals surface area contributed by atoms with Crippen molar-refractivity contribution < 1.29 is 1.37 Å². The van der Waals surface area contributed by atoms with Gasteiger partial charge in [-0.1, -0.05) is 36.0 Å². The number of benzene rings is 2. The van der Waals surface area contributed by atoms with Crippen molar-refractivity contribution in [1.29, 1.82) is 0 Å². The van der Waals surface area contributed by atoms with E-state index in [1.165, 1.54) is 4.90 Å². The van der Waals surface area contributed by atoms with Crippen molar-refractivity contribution >= 4 is 23.1 Å². The molecule has 2 aromatic rings. The third-order valence-corrected chi connectivity index (χ3v) is 3.32. The molecule has 1 N–H and O–H groups in total. The van der Waals surface area contributed by atoms with Crippen LogP contribution >= 0.6 is 11.8 Å². The number of anilines is 2. The van der Waals surface area contributed by atoms with Crippen LogP contribution in [0, 0.1) is 0 Å². The van der Waals surface area contributed by atoms with E-state index in [0.29, 0.717) is 6.04 Å². The smallest absolute Gasteiger partial charge is 0.0645 e. The van der Waals surface area contributed by atoms with Gasteiger partial charge in [0.15, 0.2) is 0 Å². The third-order valence-electron chi connectivity index (χ3n) is 2.18. The van der Waals surface area contributed by atoms with Gasteiger partial charge in [0.1, 0.15) is 0 Å². The Labute approximate surface area is 88.6 Å². The van der Waals surface area contributed by atoms with Gasteiger partial charge in [0.05, 0.1) is 12.7 Å². The summed E-state index contributed by atoms with van der Waals surface area (Å²) < 4.78 is 7.81. The van der Waals surface area contributed by atoms with Crippen LogP contribution in [0.25, 0.3) is 0 Å². The topological polar surface area (TPSA) is 12.0 Å². The molecule has 0 saturated carbocycles. The van der Waals surface area contributed by atoms with Crippen molar-refractivity contribution in [1.82, 2.24) is 0 Å². The maximum Gasteiger partial charge on any atom is 0.0645 e. The minimum absolute atomic E-state index is 0.550. The minimum Gasteiger partial charge on any atom is -0.354 e. The highest BCUT2D eigenvalue weighted by molar-refractivity contribution is 7.99. The Kier molecular flexibility index (Phi) is 1.52. The molecule has 2 heteroatoms. The summed E-state index contributed by atoms with van der Waals surface area (Å²) in [6, 6.07) is 14.5. The van der Waals surface area contributed by atoms with Gasteiger partial charge in [-0.15, -0.1) is 0 Å². The van der Waals surface area contributed by atoms with Crippen LogP contribution in [0.2, 0.25) is 0 Å². The zero-order chi connectivity index (χ0) is 10.3. The van der Waals surface area contributed by atoms with Crippen molar-refractivity contribution in [3.8, 4) is 0 Å². The van der Waals surface area contributed by atoms with Gasteiger partial charge in [-0.05, 0) is 24.2 Å². The Morgan fingerprint density at radius 2 is 1.64 bits per heavy atom. The van der Waals surface area contributed by atoms with Crippen LogP contribution in [0.15, 0.2) is 58.3 Å². The first-order chi connectivity index (χ1) is 7.34. The van der Waals surface area contributed by atoms with Crippen LogP contribution in [-0.4, -0.2) is 0 Å². The van der Waals surface area contributed by atoms with Gasteiger partial charge in [-0.2, -0.15) is 0 Å². The number of hydrogen-bond donors (Lipinski definition) is 1. The Morgan fingerprint density at radius 1 is 0.929 bits per heavy atom. The minimum atomic E-state index is 0.550. The zero-order valence-electron chi connectivity index (χ0n) is 8.45. The maximum absolute atomic E-state index is 7.81. The Bertz CT molecular complexity index is 525. The van der Waals surface area contributed by atoms with Gasteiger partial charge in [-0.25, -0.2) is 0 Å². The van der Waals surface area contributed by atoms with Crippen LogP contribution < -0.4 is 5.32 Å². The number of hydrogen-bond acceptors (Lipinski definition) is 2. The van der Waals surface area contributed by atoms with Crippen LogP contribution in [0.1, 0.15) is 1.37 Å². The summed E-state index contributed by atoms with van der Waals surface area (Å²) in [4.78, 5) is 2.34. The standard InChI is InChI=1S/C12H9NS/c1-3-7-11-9(5-1)13-10-6-2-4-8-12(10)14-11/h1-8,13H/i5D. The monoisotopic (exact) mass is 200 g/mol. The molecule has 0 unspecified atom stereocenters. The highest BCUT2D eigenvalue weighted by Crippen LogP contribution is 2.43. The molecule has 14 heavy (non-hydrogen) atoms. The van der Waals surface area contributed by atoms with E-state index in [9.17, 15) is 0 Å². The molecule has 1 nitrogen and oxygen atoms in total. The maximum atomic E-state index is 7.81. The Balaban J connectivity index is 2.15. The fraction of sp³-hybridized carbons (Fsp3) is 0. The average molecular weight is 200 g/mol. The van der Waals surface area contributed by atoms with E-state index < -0.39 is 0 Å². The van der Waals surface area contributed by atoms with Crippen LogP contribution in [0.3, 0.4) is 0 Å². The summed E-state index contributed by atoms with van der Waals surface area (Å²) in [5.41, 5.74) is 2.01. The first-order valence-electron chi connectivity index (χ1n) is 4.98. The first-order valence-corrected chi connectivity index (χ1v) is 5.30. The molecule has 0 aliphatic carbocycles. The van der Waals surface area contributed by atoms with Crippen molar-refractivity contribution in [3.63, 3.8) is 0 Å². The molecular formula is C12H9NS. The van der Waals surface area contributed by atoms with Crippen molar-refractivity contribution in [2.24, 2.45) is 0 Å². The summed E-state index contributed by atoms with van der Waals surface area (Å²) in [6.07, 6.45) is 0. The van der Waals surface area contributed by atoms with E-state index >= 15 is 0 Å². The quantitative estimate of drug-likeness (QED) is 0.590. The van der Waals surface area contributed by atoms with E-state index in [4.69, 9.17) is 1.37 Å². The molecule has 0 aromatic heterocycles. The average Bonchev–Trinajstić information content (AvgIpc) is 2.27. The van der Waals surface area contributed by atoms with Crippen LogP contribution in [-0.2, 0) is 0 Å². The molecule has 1 heterocycles. The molecule has 2 aromatic carbocycles. The lowest BCUT2D eigenvalue weighted by Crippen LogP contribution is -1.98. The van der Waals surface area contributed by atoms with E-state index in [1.54, 1.807) is 17.8 Å². The largest absolute Gasteiger partial charge is 0.354 e. The molecule has 0 atom stereocenters. The predicted molar refractivity (Wildman–Crippen MR) is 60.3 cm³/mol. The van der Waals surface area contributed by atoms with E-state index in [0.717, 1.165) is 16.3 Å². The van der Waals surface area contributed by atoms with Crippen molar-refractivity contribution in [2.45, 2.75) is 9.79 Å². The van der Waals surface area contributed by atoms with Crippen molar-refractivity contribution in [3.05, 3.63) is 48.5 Å². The molecule has 68 valence electrons. The highest BCUT2D eigenvalue weighted by Gasteiger charge is 2.13. The summed E-state index contributed by atoms with van der Waals surface area (Å²) in [7, 11) is 0. The van der Waals surface area contributed by atoms with Gasteiger partial charge in [0, 0.05) is 9.79 Å². The molecule has 1 aliphatic rings. The lowest BCUT2D eigenvalue weighted by Gasteiger charge is -2.19. The molecule has 3 rings (SSSR count). The summed E-state index contributed by atoms with van der Waals surface area (Å²) in [6.45, 7) is 0. The fourth-order valence-corrected chi connectivity index (χ4v) is 2.49. The molecule has 1 aliphatic heterocycles. The first kappa shape index (κ1) is 6.96. The number of para-hydroxylation sites is 2. The summed E-state index contributed by atoms with van der Waals surface area (Å²) >= 11 is 1.71. The fourth-order valence-electron chi connectivity index (χ4n) is 1.52. The molecule has 0 radical (unpaired) electrons. The highest BCUT2D eigenvalue weighted by atomic mass is 32.2. The number of nitrogens with one attached hydrogen (secondary N) is 1. The van der Waals surface area contributed by atoms with Crippen molar-refractivity contribution in [2.75, 3.05) is 5.32 Å². The zero-order valence-corrected chi connectivity index (χ0v) is 8.27. The van der Waals surface area contributed by atoms with Gasteiger partial charge >= 0.3 is 0 Å². The van der Waals surface area contributed by atoms with E-state index in [-0.39, 0.29) is 0 Å². The van der Waals surface area contributed by atoms with Gasteiger partial charge in [0.25, 0.3) is 0 Å². The van der Waals surface area contributed by atoms with E-state index in [1.807, 2.05) is 30.3 Å². The second-order valence-corrected chi connectivity index (χ2v) is 4.22. The molecular weight excluding hydrogens is 190 g/mol. The number of fused-ring (bicyclic) bond motifs is 2. The molecule has 0 saturated heterocycles. The molecule has 0 bridgehead atoms. The predicted octanol–water partition coefficient (Wildman–Crippen LogP) is 3.89. The third kappa shape index (κ3) is 1.19. The lowest BCUT2D eigenvalue weighted by atomic mass is 10.2. The second-order valence-electron chi connectivity index (χ2n) is 3.13. The second kappa shape index (κ2) is 3.07. The Morgan fingerprint density at radius 3 is 2.57 bits per heavy atom. The summed E-state index contributed by atoms with van der Waals surface area (Å²) in [5, 5.41) is 3.30. The summed E-state index contributed by atoms with van der Waals surface area (Å²) in [5.74, 6) is 0. The molecule has 0 fully saturated rings. The molecule has 0 spiro atoms. The number of rotatable bonds is 0. The molecule has 0 amide bonds. The van der Waals surface area contributed by atoms with Gasteiger partial charge in [0.2, 0.25) is 0 Å². The van der Waals surface area contributed by atoms with E-state index in [2.05, 4.69) is 11.4 Å². The van der Waals surface area contributed by atoms with Crippen LogP contribution in [0.5, 0.6) is 0 Å². The lowest BCUT2D eigenvalue weighted by molar-refractivity contribution is 1.32. The van der Waals surface area contributed by atoms with Gasteiger partial charge < -0.3 is 5.32 Å². The van der Waals surface area contributed by atoms with Crippen LogP contribution in [0.4, 0.5) is 11.4 Å². The SMILES string of the molecule is [2H]c1cccc2c1Nc1ccccc1S2. The normalized spacial score (nSPS) is 13.6. The van der Waals surface area contributed by atoms with Gasteiger partial charge in [-0.3, -0.25) is 0 Å².